The molecule has 1 aliphatic carbocycles. The number of carbonyl (C=O) groups is 2. The lowest BCUT2D eigenvalue weighted by atomic mass is 9.83. The van der Waals surface area contributed by atoms with E-state index in [1.807, 2.05) is 0 Å². The van der Waals surface area contributed by atoms with Crippen LogP contribution in [0.1, 0.15) is 38.5 Å². The molecule has 0 radical (unpaired) electrons. The highest BCUT2D eigenvalue weighted by Gasteiger charge is 2.37. The molecule has 154 valence electrons. The van der Waals surface area contributed by atoms with Gasteiger partial charge in [0.1, 0.15) is 11.5 Å². The summed E-state index contributed by atoms with van der Waals surface area (Å²) in [5.41, 5.74) is 6.62. The smallest absolute Gasteiger partial charge is 0.227 e. The highest BCUT2D eigenvalue weighted by Crippen LogP contribution is 2.33. The molecule has 1 saturated heterocycles. The number of nitrogens with one attached hydrogen (secondary N) is 1. The molecule has 0 bridgehead atoms. The number of benzene rings is 1. The fraction of sp³-hybridized carbons (Fsp3) is 0.619. The fourth-order valence-corrected chi connectivity index (χ4v) is 4.29. The molecule has 7 nitrogen and oxygen atoms in total. The predicted molar refractivity (Wildman–Crippen MR) is 108 cm³/mol. The van der Waals surface area contributed by atoms with Crippen molar-refractivity contribution in [3.8, 4) is 11.5 Å². The second-order valence-electron chi connectivity index (χ2n) is 7.73. The number of hydrogen-bond donors (Lipinski definition) is 2. The molecule has 2 amide bonds. The van der Waals surface area contributed by atoms with Gasteiger partial charge in [-0.05, 0) is 18.8 Å². The van der Waals surface area contributed by atoms with Crippen molar-refractivity contribution in [2.45, 2.75) is 44.6 Å². The van der Waals surface area contributed by atoms with Crippen LogP contribution < -0.4 is 25.4 Å². The molecule has 2 unspecified atom stereocenters. The van der Waals surface area contributed by atoms with E-state index in [9.17, 15) is 9.59 Å². The van der Waals surface area contributed by atoms with Crippen molar-refractivity contribution < 1.29 is 19.1 Å². The van der Waals surface area contributed by atoms with E-state index in [-0.39, 0.29) is 30.2 Å². The first-order valence-electron chi connectivity index (χ1n) is 10.1. The first-order valence-corrected chi connectivity index (χ1v) is 10.1. The SMILES string of the molecule is COc1cc(OC)cc(N2CC(C(=O)NC(CN)C3CCCCC3)CC2=O)c1. The minimum Gasteiger partial charge on any atom is -0.497 e. The van der Waals surface area contributed by atoms with Gasteiger partial charge in [-0.25, -0.2) is 0 Å². The van der Waals surface area contributed by atoms with Gasteiger partial charge in [-0.1, -0.05) is 19.3 Å². The van der Waals surface area contributed by atoms with Gasteiger partial charge in [-0.15, -0.1) is 0 Å². The third-order valence-corrected chi connectivity index (χ3v) is 5.94. The molecule has 28 heavy (non-hydrogen) atoms. The molecule has 1 aromatic rings. The Hall–Kier alpha value is -2.28. The van der Waals surface area contributed by atoms with Gasteiger partial charge in [0.2, 0.25) is 11.8 Å². The maximum Gasteiger partial charge on any atom is 0.227 e. The molecule has 0 aromatic heterocycles. The lowest BCUT2D eigenvalue weighted by molar-refractivity contribution is -0.127. The van der Waals surface area contributed by atoms with Crippen LogP contribution >= 0.6 is 0 Å². The van der Waals surface area contributed by atoms with Crippen molar-refractivity contribution in [3.05, 3.63) is 18.2 Å². The monoisotopic (exact) mass is 389 g/mol. The number of nitrogens with two attached hydrogens (primary N) is 1. The molecular weight excluding hydrogens is 358 g/mol. The Kier molecular flexibility index (Phi) is 6.78. The van der Waals surface area contributed by atoms with E-state index in [1.165, 1.54) is 19.3 Å². The van der Waals surface area contributed by atoms with Crippen LogP contribution in [0.3, 0.4) is 0 Å². The Bertz CT molecular complexity index is 681. The van der Waals surface area contributed by atoms with E-state index in [4.69, 9.17) is 15.2 Å². The molecule has 2 aliphatic rings. The van der Waals surface area contributed by atoms with Crippen LogP contribution in [0.15, 0.2) is 18.2 Å². The molecule has 2 atom stereocenters. The van der Waals surface area contributed by atoms with Gasteiger partial charge in [0, 0.05) is 43.8 Å². The summed E-state index contributed by atoms with van der Waals surface area (Å²) >= 11 is 0. The number of rotatable bonds is 7. The molecular formula is C21H31N3O4. The summed E-state index contributed by atoms with van der Waals surface area (Å²) in [6.45, 7) is 0.789. The number of amides is 2. The number of ether oxygens (including phenoxy) is 2. The van der Waals surface area contributed by atoms with Crippen LogP contribution in [0.4, 0.5) is 5.69 Å². The average molecular weight is 389 g/mol. The zero-order valence-corrected chi connectivity index (χ0v) is 16.8. The molecule has 1 saturated carbocycles. The summed E-state index contributed by atoms with van der Waals surface area (Å²) < 4.78 is 10.6. The summed E-state index contributed by atoms with van der Waals surface area (Å²) in [4.78, 5) is 27.0. The van der Waals surface area contributed by atoms with E-state index in [2.05, 4.69) is 5.32 Å². The molecule has 1 aromatic carbocycles. The van der Waals surface area contributed by atoms with E-state index >= 15 is 0 Å². The van der Waals surface area contributed by atoms with Crippen LogP contribution in [0.2, 0.25) is 0 Å². The predicted octanol–water partition coefficient (Wildman–Crippen LogP) is 2.08. The molecule has 7 heteroatoms. The van der Waals surface area contributed by atoms with Crippen LogP contribution in [0.5, 0.6) is 11.5 Å². The van der Waals surface area contributed by atoms with E-state index in [1.54, 1.807) is 37.3 Å². The minimum atomic E-state index is -0.373. The van der Waals surface area contributed by atoms with Gasteiger partial charge >= 0.3 is 0 Å². The maximum atomic E-state index is 12.8. The molecule has 3 N–H and O–H groups in total. The first-order chi connectivity index (χ1) is 13.5. The van der Waals surface area contributed by atoms with Crippen molar-refractivity contribution in [1.29, 1.82) is 0 Å². The van der Waals surface area contributed by atoms with Gasteiger partial charge in [-0.2, -0.15) is 0 Å². The molecule has 0 spiro atoms. The highest BCUT2D eigenvalue weighted by atomic mass is 16.5. The van der Waals surface area contributed by atoms with Crippen LogP contribution in [-0.2, 0) is 9.59 Å². The quantitative estimate of drug-likeness (QED) is 0.745. The third-order valence-electron chi connectivity index (χ3n) is 5.94. The van der Waals surface area contributed by atoms with Gasteiger partial charge in [0.05, 0.1) is 25.8 Å². The zero-order chi connectivity index (χ0) is 20.1. The Morgan fingerprint density at radius 1 is 1.18 bits per heavy atom. The number of methoxy groups -OCH3 is 2. The Morgan fingerprint density at radius 2 is 1.82 bits per heavy atom. The first kappa shape index (κ1) is 20.5. The maximum absolute atomic E-state index is 12.8. The summed E-state index contributed by atoms with van der Waals surface area (Å²) in [5.74, 6) is 1.14. The second kappa shape index (κ2) is 9.28. The largest absolute Gasteiger partial charge is 0.497 e. The minimum absolute atomic E-state index is 0.00568. The molecule has 2 fully saturated rings. The Labute approximate surface area is 166 Å². The number of nitrogens with zero attached hydrogens (tertiary/aromatic N) is 1. The molecule has 1 aliphatic heterocycles. The standard InChI is InChI=1S/C21H31N3O4/c1-27-17-9-16(10-18(11-17)28-2)24-13-15(8-20(24)25)21(26)23-19(12-22)14-6-4-3-5-7-14/h9-11,14-15,19H,3-8,12-13,22H2,1-2H3,(H,23,26). The molecule has 3 rings (SSSR count). The zero-order valence-electron chi connectivity index (χ0n) is 16.8. The van der Waals surface area contributed by atoms with E-state index < -0.39 is 0 Å². The summed E-state index contributed by atoms with van der Waals surface area (Å²) in [6, 6.07) is 5.31. The van der Waals surface area contributed by atoms with E-state index in [0.717, 1.165) is 12.8 Å². The number of carbonyl (C=O) groups excluding carboxylic acids is 2. The van der Waals surface area contributed by atoms with E-state index in [0.29, 0.717) is 36.2 Å². The van der Waals surface area contributed by atoms with Gasteiger partial charge in [0.25, 0.3) is 0 Å². The Balaban J connectivity index is 1.67. The third kappa shape index (κ3) is 4.58. The average Bonchev–Trinajstić information content (AvgIpc) is 3.13. The highest BCUT2D eigenvalue weighted by molar-refractivity contribution is 6.00. The second-order valence-corrected chi connectivity index (χ2v) is 7.73. The van der Waals surface area contributed by atoms with Crippen molar-refractivity contribution in [2.24, 2.45) is 17.6 Å². The van der Waals surface area contributed by atoms with Crippen LogP contribution in [0, 0.1) is 11.8 Å². The lowest BCUT2D eigenvalue weighted by Gasteiger charge is -2.30. The van der Waals surface area contributed by atoms with Crippen LogP contribution in [-0.4, -0.2) is 45.2 Å². The number of hydrogen-bond acceptors (Lipinski definition) is 5. The topological polar surface area (TPSA) is 93.9 Å². The summed E-state index contributed by atoms with van der Waals surface area (Å²) in [6.07, 6.45) is 6.09. The Morgan fingerprint density at radius 3 is 2.39 bits per heavy atom. The fourth-order valence-electron chi connectivity index (χ4n) is 4.29. The van der Waals surface area contributed by atoms with Crippen molar-refractivity contribution in [1.82, 2.24) is 5.32 Å². The molecule has 1 heterocycles. The van der Waals surface area contributed by atoms with Gasteiger partial charge in [0.15, 0.2) is 0 Å². The van der Waals surface area contributed by atoms with Crippen molar-refractivity contribution in [3.63, 3.8) is 0 Å². The number of anilines is 1. The normalized spacial score (nSPS) is 21.5. The lowest BCUT2D eigenvalue weighted by Crippen LogP contribution is -2.48. The summed E-state index contributed by atoms with van der Waals surface area (Å²) in [5, 5.41) is 3.12. The summed E-state index contributed by atoms with van der Waals surface area (Å²) in [7, 11) is 3.14. The van der Waals surface area contributed by atoms with Gasteiger partial charge in [-0.3, -0.25) is 9.59 Å². The van der Waals surface area contributed by atoms with Gasteiger partial charge < -0.3 is 25.4 Å². The van der Waals surface area contributed by atoms with Crippen molar-refractivity contribution in [2.75, 3.05) is 32.2 Å². The van der Waals surface area contributed by atoms with Crippen LogP contribution in [0.25, 0.3) is 0 Å². The van der Waals surface area contributed by atoms with Crippen molar-refractivity contribution >= 4 is 17.5 Å².